The maximum Gasteiger partial charge on any atom is 0.119 e. The Balaban J connectivity index is 2.28. The van der Waals surface area contributed by atoms with Gasteiger partial charge in [0.25, 0.3) is 0 Å². The van der Waals surface area contributed by atoms with Crippen molar-refractivity contribution >= 4 is 0 Å². The number of hydrogen-bond acceptors (Lipinski definition) is 2. The Morgan fingerprint density at radius 2 is 1.43 bits per heavy atom. The van der Waals surface area contributed by atoms with Crippen LogP contribution in [0.25, 0.3) is 0 Å². The lowest BCUT2D eigenvalue weighted by Crippen LogP contribution is -2.05. The molecule has 1 N–H and O–H groups in total. The van der Waals surface area contributed by atoms with Gasteiger partial charge in [0, 0.05) is 5.92 Å². The third kappa shape index (κ3) is 4.25. The van der Waals surface area contributed by atoms with Crippen LogP contribution in [0.1, 0.15) is 44.2 Å². The van der Waals surface area contributed by atoms with E-state index >= 15 is 0 Å². The van der Waals surface area contributed by atoms with E-state index < -0.39 is 0 Å². The molecule has 2 aromatic carbocycles. The Morgan fingerprint density at radius 3 is 1.90 bits per heavy atom. The highest BCUT2D eigenvalue weighted by molar-refractivity contribution is 5.38. The van der Waals surface area contributed by atoms with Gasteiger partial charge in [0.15, 0.2) is 0 Å². The molecule has 0 spiro atoms. The molecule has 2 nitrogen and oxygen atoms in total. The molecule has 0 amide bonds. The molecule has 112 valence electrons. The summed E-state index contributed by atoms with van der Waals surface area (Å²) in [6.07, 6.45) is 1.08. The maximum absolute atomic E-state index is 9.47. The predicted octanol–water partition coefficient (Wildman–Crippen LogP) is 4.97. The van der Waals surface area contributed by atoms with Gasteiger partial charge in [-0.3, -0.25) is 0 Å². The summed E-state index contributed by atoms with van der Waals surface area (Å²) in [7, 11) is 0. The third-order valence-electron chi connectivity index (χ3n) is 3.60. The van der Waals surface area contributed by atoms with Crippen molar-refractivity contribution in [1.82, 2.24) is 0 Å². The third-order valence-corrected chi connectivity index (χ3v) is 3.60. The number of rotatable bonds is 6. The van der Waals surface area contributed by atoms with Crippen LogP contribution in [0.4, 0.5) is 0 Å². The van der Waals surface area contributed by atoms with Crippen molar-refractivity contribution in [2.75, 3.05) is 6.61 Å². The molecule has 2 heteroatoms. The van der Waals surface area contributed by atoms with Gasteiger partial charge in [-0.1, -0.05) is 38.1 Å². The van der Waals surface area contributed by atoms with E-state index in [1.165, 1.54) is 11.1 Å². The van der Waals surface area contributed by atoms with Crippen LogP contribution in [0, 0.1) is 5.92 Å². The summed E-state index contributed by atoms with van der Waals surface area (Å²) in [5, 5.41) is 9.47. The van der Waals surface area contributed by atoms with Gasteiger partial charge in [-0.25, -0.2) is 0 Å². The van der Waals surface area contributed by atoms with Crippen LogP contribution < -0.4 is 4.74 Å². The quantitative estimate of drug-likeness (QED) is 0.811. The fraction of sp³-hybridized carbons (Fsp3) is 0.368. The summed E-state index contributed by atoms with van der Waals surface area (Å²) in [6, 6.07) is 15.9. The zero-order chi connectivity index (χ0) is 15.2. The lowest BCUT2D eigenvalue weighted by Gasteiger charge is -2.20. The second kappa shape index (κ2) is 7.16. The van der Waals surface area contributed by atoms with Crippen molar-refractivity contribution in [1.29, 1.82) is 0 Å². The van der Waals surface area contributed by atoms with Crippen LogP contribution in [0.3, 0.4) is 0 Å². The first-order valence-electron chi connectivity index (χ1n) is 7.61. The summed E-state index contributed by atoms with van der Waals surface area (Å²) >= 11 is 0. The fourth-order valence-electron chi connectivity index (χ4n) is 2.61. The van der Waals surface area contributed by atoms with Crippen LogP contribution in [-0.4, -0.2) is 11.7 Å². The van der Waals surface area contributed by atoms with E-state index in [2.05, 4.69) is 26.0 Å². The number of phenols is 1. The van der Waals surface area contributed by atoms with E-state index in [0.717, 1.165) is 12.2 Å². The number of ether oxygens (including phenoxy) is 1. The van der Waals surface area contributed by atoms with Gasteiger partial charge >= 0.3 is 0 Å². The van der Waals surface area contributed by atoms with Gasteiger partial charge < -0.3 is 9.84 Å². The number of hydrogen-bond donors (Lipinski definition) is 1. The summed E-state index contributed by atoms with van der Waals surface area (Å²) in [4.78, 5) is 0. The zero-order valence-corrected chi connectivity index (χ0v) is 13.0. The molecule has 1 atom stereocenters. The molecule has 0 fully saturated rings. The first kappa shape index (κ1) is 15.4. The molecule has 0 aliphatic rings. The number of aromatic hydroxyl groups is 1. The topological polar surface area (TPSA) is 29.5 Å². The van der Waals surface area contributed by atoms with Crippen molar-refractivity contribution in [3.8, 4) is 11.5 Å². The SMILES string of the molecule is CCOc1ccc(C(CC(C)C)c2ccc(O)cc2)cc1. The van der Waals surface area contributed by atoms with Gasteiger partial charge in [0.2, 0.25) is 0 Å². The largest absolute Gasteiger partial charge is 0.508 e. The molecule has 0 saturated heterocycles. The molecular formula is C19H24O2. The summed E-state index contributed by atoms with van der Waals surface area (Å²) in [5.74, 6) is 2.18. The molecule has 0 saturated carbocycles. The second-order valence-electron chi connectivity index (χ2n) is 5.78. The van der Waals surface area contributed by atoms with E-state index in [9.17, 15) is 5.11 Å². The molecule has 0 radical (unpaired) electrons. The Labute approximate surface area is 127 Å². The highest BCUT2D eigenvalue weighted by Gasteiger charge is 2.16. The van der Waals surface area contributed by atoms with Crippen molar-refractivity contribution in [3.05, 3.63) is 59.7 Å². The summed E-state index contributed by atoms with van der Waals surface area (Å²) in [5.41, 5.74) is 2.53. The van der Waals surface area contributed by atoms with E-state index in [1.54, 1.807) is 12.1 Å². The summed E-state index contributed by atoms with van der Waals surface area (Å²) in [6.45, 7) is 7.16. The van der Waals surface area contributed by atoms with Gasteiger partial charge in [-0.2, -0.15) is 0 Å². The molecular weight excluding hydrogens is 260 g/mol. The Bertz CT molecular complexity index is 541. The van der Waals surface area contributed by atoms with Gasteiger partial charge in [-0.05, 0) is 54.7 Å². The minimum absolute atomic E-state index is 0.314. The van der Waals surface area contributed by atoms with Gasteiger partial charge in [0.1, 0.15) is 11.5 Å². The molecule has 0 aliphatic heterocycles. The molecule has 0 bridgehead atoms. The van der Waals surface area contributed by atoms with E-state index in [-0.39, 0.29) is 0 Å². The predicted molar refractivity (Wildman–Crippen MR) is 87.0 cm³/mol. The molecule has 0 aromatic heterocycles. The summed E-state index contributed by atoms with van der Waals surface area (Å²) < 4.78 is 5.51. The van der Waals surface area contributed by atoms with Crippen molar-refractivity contribution < 1.29 is 9.84 Å². The molecule has 1 unspecified atom stereocenters. The minimum Gasteiger partial charge on any atom is -0.508 e. The van der Waals surface area contributed by atoms with Crippen molar-refractivity contribution in [3.63, 3.8) is 0 Å². The number of phenolic OH excluding ortho intramolecular Hbond substituents is 1. The minimum atomic E-state index is 0.314. The number of benzene rings is 2. The molecule has 2 rings (SSSR count). The Morgan fingerprint density at radius 1 is 0.905 bits per heavy atom. The monoisotopic (exact) mass is 284 g/mol. The lowest BCUT2D eigenvalue weighted by atomic mass is 9.84. The normalized spacial score (nSPS) is 12.4. The zero-order valence-electron chi connectivity index (χ0n) is 13.0. The lowest BCUT2D eigenvalue weighted by molar-refractivity contribution is 0.340. The van der Waals surface area contributed by atoms with Gasteiger partial charge in [-0.15, -0.1) is 0 Å². The fourth-order valence-corrected chi connectivity index (χ4v) is 2.61. The molecule has 0 heterocycles. The van der Waals surface area contributed by atoms with Gasteiger partial charge in [0.05, 0.1) is 6.61 Å². The highest BCUT2D eigenvalue weighted by Crippen LogP contribution is 2.32. The van der Waals surface area contributed by atoms with Crippen LogP contribution in [0.5, 0.6) is 11.5 Å². The molecule has 21 heavy (non-hydrogen) atoms. The first-order valence-corrected chi connectivity index (χ1v) is 7.61. The second-order valence-corrected chi connectivity index (χ2v) is 5.78. The average Bonchev–Trinajstić information content (AvgIpc) is 2.47. The molecule has 2 aromatic rings. The van der Waals surface area contributed by atoms with E-state index in [1.807, 2.05) is 31.2 Å². The first-order chi connectivity index (χ1) is 10.1. The average molecular weight is 284 g/mol. The standard InChI is InChI=1S/C19H24O2/c1-4-21-18-11-7-16(8-12-18)19(13-14(2)3)15-5-9-17(20)10-6-15/h5-12,14,19-20H,4,13H2,1-3H3. The van der Waals surface area contributed by atoms with Crippen LogP contribution in [0.2, 0.25) is 0 Å². The van der Waals surface area contributed by atoms with Crippen molar-refractivity contribution in [2.45, 2.75) is 33.1 Å². The van der Waals surface area contributed by atoms with Crippen LogP contribution in [-0.2, 0) is 0 Å². The van der Waals surface area contributed by atoms with E-state index in [0.29, 0.717) is 24.2 Å². The smallest absolute Gasteiger partial charge is 0.119 e. The van der Waals surface area contributed by atoms with E-state index in [4.69, 9.17) is 4.74 Å². The maximum atomic E-state index is 9.47. The van der Waals surface area contributed by atoms with Crippen LogP contribution in [0.15, 0.2) is 48.5 Å². The van der Waals surface area contributed by atoms with Crippen molar-refractivity contribution in [2.24, 2.45) is 5.92 Å². The molecule has 0 aliphatic carbocycles. The highest BCUT2D eigenvalue weighted by atomic mass is 16.5. The Kier molecular flexibility index (Phi) is 5.26. The van der Waals surface area contributed by atoms with Crippen LogP contribution >= 0.6 is 0 Å². The Hall–Kier alpha value is -1.96.